The lowest BCUT2D eigenvalue weighted by atomic mass is 9.75. The number of Topliss-reactive ketones (excluding diaryl/α,β-unsaturated/α-hetero) is 1. The van der Waals surface area contributed by atoms with Crippen LogP contribution in [0.5, 0.6) is 0 Å². The summed E-state index contributed by atoms with van der Waals surface area (Å²) in [6.07, 6.45) is 0.526. The van der Waals surface area contributed by atoms with Crippen LogP contribution in [0.4, 0.5) is 13.2 Å². The van der Waals surface area contributed by atoms with Crippen molar-refractivity contribution in [2.24, 2.45) is 0 Å². The highest BCUT2D eigenvalue weighted by Gasteiger charge is 2.43. The Bertz CT molecular complexity index is 1270. The van der Waals surface area contributed by atoms with E-state index in [9.17, 15) is 13.6 Å². The van der Waals surface area contributed by atoms with Gasteiger partial charge in [0.15, 0.2) is 5.83 Å². The van der Waals surface area contributed by atoms with Crippen LogP contribution in [-0.4, -0.2) is 24.5 Å². The lowest BCUT2D eigenvalue weighted by molar-refractivity contribution is -0.119. The summed E-state index contributed by atoms with van der Waals surface area (Å²) in [5.74, 6) is -3.00. The van der Waals surface area contributed by atoms with Crippen LogP contribution in [0.15, 0.2) is 126 Å². The molecule has 3 nitrogen and oxygen atoms in total. The van der Waals surface area contributed by atoms with Gasteiger partial charge in [-0.3, -0.25) is 10.1 Å². The Morgan fingerprint density at radius 2 is 1.32 bits per heavy atom. The molecule has 3 aromatic rings. The largest absolute Gasteiger partial charge is 0.371 e. The van der Waals surface area contributed by atoms with Crippen LogP contribution in [0.3, 0.4) is 0 Å². The second kappa shape index (κ2) is 11.3. The van der Waals surface area contributed by atoms with Crippen LogP contribution in [0.2, 0.25) is 0 Å². The fourth-order valence-corrected chi connectivity index (χ4v) is 5.29. The smallest absolute Gasteiger partial charge is 0.155 e. The number of rotatable bonds is 6. The van der Waals surface area contributed by atoms with Crippen molar-refractivity contribution in [1.82, 2.24) is 5.32 Å². The monoisotopic (exact) mass is 515 g/mol. The third kappa shape index (κ3) is 5.15. The Morgan fingerprint density at radius 3 is 1.84 bits per heavy atom. The summed E-state index contributed by atoms with van der Waals surface area (Å²) in [6, 6.07) is 28.6. The topological polar surface area (TPSA) is 38.3 Å². The molecule has 194 valence electrons. The number of ketones is 1. The van der Waals surface area contributed by atoms with E-state index in [-0.39, 0.29) is 30.8 Å². The first-order chi connectivity index (χ1) is 18.5. The second-order valence-corrected chi connectivity index (χ2v) is 9.49. The molecule has 1 aliphatic heterocycles. The highest BCUT2D eigenvalue weighted by molar-refractivity contribution is 5.79. The van der Waals surface area contributed by atoms with Crippen molar-refractivity contribution in [3.8, 4) is 0 Å². The quantitative estimate of drug-likeness (QED) is 0.359. The maximum Gasteiger partial charge on any atom is 0.155 e. The molecule has 0 aromatic heterocycles. The molecule has 1 fully saturated rings. The molecule has 2 unspecified atom stereocenters. The first kappa shape index (κ1) is 25.9. The van der Waals surface area contributed by atoms with Crippen molar-refractivity contribution in [1.29, 1.82) is 0 Å². The molecule has 2 aliphatic rings. The van der Waals surface area contributed by atoms with Crippen LogP contribution in [0, 0.1) is 0 Å². The van der Waals surface area contributed by atoms with Crippen molar-refractivity contribution in [2.75, 3.05) is 6.61 Å². The highest BCUT2D eigenvalue weighted by Crippen LogP contribution is 2.40. The zero-order valence-corrected chi connectivity index (χ0v) is 20.7. The Labute approximate surface area is 220 Å². The number of allylic oxidation sites excluding steroid dienone is 4. The fraction of sp³-hybridized carbons (Fsp3) is 0.219. The van der Waals surface area contributed by atoms with Gasteiger partial charge in [-0.15, -0.1) is 0 Å². The van der Waals surface area contributed by atoms with E-state index in [4.69, 9.17) is 4.74 Å². The van der Waals surface area contributed by atoms with Gasteiger partial charge in [0.1, 0.15) is 23.5 Å². The van der Waals surface area contributed by atoms with Gasteiger partial charge in [-0.2, -0.15) is 0 Å². The number of nitrogens with one attached hydrogen (secondary N) is 1. The summed E-state index contributed by atoms with van der Waals surface area (Å²) in [5.41, 5.74) is 1.61. The first-order valence-corrected chi connectivity index (χ1v) is 12.7. The van der Waals surface area contributed by atoms with E-state index in [0.717, 1.165) is 28.8 Å². The third-order valence-electron chi connectivity index (χ3n) is 7.10. The molecule has 38 heavy (non-hydrogen) atoms. The molecule has 2 atom stereocenters. The van der Waals surface area contributed by atoms with E-state index < -0.39 is 41.6 Å². The lowest BCUT2D eigenvalue weighted by Gasteiger charge is -2.42. The Balaban J connectivity index is 1.71. The van der Waals surface area contributed by atoms with Crippen molar-refractivity contribution in [3.63, 3.8) is 0 Å². The van der Waals surface area contributed by atoms with Crippen LogP contribution in [0.1, 0.15) is 36.0 Å². The van der Waals surface area contributed by atoms with Crippen molar-refractivity contribution in [3.05, 3.63) is 143 Å². The molecule has 1 saturated heterocycles. The average molecular weight is 516 g/mol. The van der Waals surface area contributed by atoms with Gasteiger partial charge in [-0.25, -0.2) is 13.2 Å². The molecule has 1 heterocycles. The normalized spacial score (nSPS) is 20.9. The Morgan fingerprint density at radius 1 is 0.789 bits per heavy atom. The predicted octanol–water partition coefficient (Wildman–Crippen LogP) is 7.02. The molecule has 0 saturated carbocycles. The van der Waals surface area contributed by atoms with Crippen LogP contribution in [-0.2, 0) is 15.1 Å². The van der Waals surface area contributed by atoms with Crippen molar-refractivity contribution >= 4 is 5.78 Å². The number of benzene rings is 3. The van der Waals surface area contributed by atoms with Gasteiger partial charge in [-0.1, -0.05) is 91.0 Å². The molecule has 0 spiro atoms. The number of hydrogen-bond acceptors (Lipinski definition) is 3. The molecule has 0 radical (unpaired) electrons. The van der Waals surface area contributed by atoms with Crippen molar-refractivity contribution < 1.29 is 22.7 Å². The van der Waals surface area contributed by atoms with Crippen LogP contribution >= 0.6 is 0 Å². The standard InChI is InChI=1S/C32H28F3NO2/c33-27-16-17-28(34)29(35)21-26(27)31-30(20-25(37)18-19-38-31)36-32(22-10-4-1-5-11-22,23-12-6-2-7-13-23)24-14-8-3-9-15-24/h1-16,21,30-31,36H,17-20H2. The van der Waals surface area contributed by atoms with Gasteiger partial charge in [0.25, 0.3) is 0 Å². The van der Waals surface area contributed by atoms with E-state index in [0.29, 0.717) is 0 Å². The highest BCUT2D eigenvalue weighted by atomic mass is 19.2. The fourth-order valence-electron chi connectivity index (χ4n) is 5.29. The van der Waals surface area contributed by atoms with Gasteiger partial charge in [0.2, 0.25) is 0 Å². The minimum Gasteiger partial charge on any atom is -0.371 e. The van der Waals surface area contributed by atoms with Crippen molar-refractivity contribution in [2.45, 2.75) is 36.9 Å². The molecule has 0 amide bonds. The zero-order chi connectivity index (χ0) is 26.5. The minimum atomic E-state index is -1.14. The molecule has 3 aromatic carbocycles. The zero-order valence-electron chi connectivity index (χ0n) is 20.7. The van der Waals surface area contributed by atoms with Gasteiger partial charge >= 0.3 is 0 Å². The molecular formula is C32H28F3NO2. The van der Waals surface area contributed by atoms with Gasteiger partial charge in [-0.05, 0) is 28.8 Å². The van der Waals surface area contributed by atoms with Crippen LogP contribution in [0.25, 0.3) is 0 Å². The predicted molar refractivity (Wildman–Crippen MR) is 141 cm³/mol. The SMILES string of the molecule is O=C1CCOC(C2=CC(F)=C(F)CC=C2F)C(NC(c2ccccc2)(c2ccccc2)c2ccccc2)C1. The maximum atomic E-state index is 15.3. The molecule has 0 bridgehead atoms. The summed E-state index contributed by atoms with van der Waals surface area (Å²) < 4.78 is 49.9. The van der Waals surface area contributed by atoms with E-state index in [2.05, 4.69) is 5.32 Å². The van der Waals surface area contributed by atoms with E-state index >= 15 is 4.39 Å². The number of hydrogen-bond donors (Lipinski definition) is 1. The molecule has 5 rings (SSSR count). The Hall–Kier alpha value is -3.74. The number of halogens is 3. The lowest BCUT2D eigenvalue weighted by Crippen LogP contribution is -2.54. The van der Waals surface area contributed by atoms with E-state index in [1.807, 2.05) is 91.0 Å². The minimum absolute atomic E-state index is 0.0252. The molecule has 1 N–H and O–H groups in total. The number of carbonyl (C=O) groups excluding carboxylic acids is 1. The number of carbonyl (C=O) groups is 1. The average Bonchev–Trinajstić information content (AvgIpc) is 3.21. The van der Waals surface area contributed by atoms with E-state index in [1.165, 1.54) is 0 Å². The summed E-state index contributed by atoms with van der Waals surface area (Å²) in [5, 5.41) is 3.69. The molecule has 1 aliphatic carbocycles. The maximum absolute atomic E-state index is 15.3. The first-order valence-electron chi connectivity index (χ1n) is 12.7. The summed E-state index contributed by atoms with van der Waals surface area (Å²) in [7, 11) is 0. The third-order valence-corrected chi connectivity index (χ3v) is 7.10. The summed E-state index contributed by atoms with van der Waals surface area (Å²) in [4.78, 5) is 12.9. The van der Waals surface area contributed by atoms with E-state index in [1.54, 1.807) is 0 Å². The van der Waals surface area contributed by atoms with Gasteiger partial charge in [0.05, 0.1) is 12.1 Å². The molecule has 6 heteroatoms. The van der Waals surface area contributed by atoms with Gasteiger partial charge in [0, 0.05) is 30.9 Å². The number of ether oxygens (including phenoxy) is 1. The van der Waals surface area contributed by atoms with Gasteiger partial charge < -0.3 is 4.74 Å². The molecular weight excluding hydrogens is 487 g/mol. The summed E-state index contributed by atoms with van der Waals surface area (Å²) in [6.45, 7) is 0.0507. The summed E-state index contributed by atoms with van der Waals surface area (Å²) >= 11 is 0. The Kier molecular flexibility index (Phi) is 7.72. The second-order valence-electron chi connectivity index (χ2n) is 9.49. The van der Waals surface area contributed by atoms with Crippen LogP contribution < -0.4 is 5.32 Å².